The third-order valence-corrected chi connectivity index (χ3v) is 7.62. The van der Waals surface area contributed by atoms with E-state index < -0.39 is 15.7 Å². The van der Waals surface area contributed by atoms with Crippen LogP contribution in [0.1, 0.15) is 6.42 Å². The van der Waals surface area contributed by atoms with Gasteiger partial charge in [0.05, 0.1) is 15.4 Å². The zero-order valence-corrected chi connectivity index (χ0v) is 16.4. The van der Waals surface area contributed by atoms with E-state index in [0.29, 0.717) is 24.0 Å². The molecule has 0 radical (unpaired) electrons. The van der Waals surface area contributed by atoms with E-state index >= 15 is 0 Å². The smallest absolute Gasteiger partial charge is 0.313 e. The summed E-state index contributed by atoms with van der Waals surface area (Å²) in [6.07, 6.45) is 2.52. The Morgan fingerprint density at radius 1 is 1.15 bits per heavy atom. The summed E-state index contributed by atoms with van der Waals surface area (Å²) >= 11 is 12.9. The first-order valence-electron chi connectivity index (χ1n) is 7.74. The number of aromatic nitrogens is 2. The van der Waals surface area contributed by atoms with Crippen LogP contribution >= 0.6 is 34.5 Å². The molecule has 0 bridgehead atoms. The Labute approximate surface area is 163 Å². The van der Waals surface area contributed by atoms with Crippen molar-refractivity contribution in [2.75, 3.05) is 13.1 Å². The highest BCUT2D eigenvalue weighted by Crippen LogP contribution is 2.36. The largest absolute Gasteiger partial charge is 0.347 e. The predicted octanol–water partition coefficient (Wildman–Crippen LogP) is 3.24. The van der Waals surface area contributed by atoms with Crippen LogP contribution in [0.4, 0.5) is 0 Å². The molecule has 0 aliphatic carbocycles. The van der Waals surface area contributed by atoms with Gasteiger partial charge < -0.3 is 5.32 Å². The molecule has 0 saturated carbocycles. The molecule has 0 saturated heterocycles. The zero-order chi connectivity index (χ0) is 18.5. The van der Waals surface area contributed by atoms with E-state index in [1.165, 1.54) is 10.6 Å². The molecule has 3 heterocycles. The lowest BCUT2D eigenvalue weighted by molar-refractivity contribution is 0.587. The number of hydrogen-bond acceptors (Lipinski definition) is 5. The molecule has 26 heavy (non-hydrogen) atoms. The van der Waals surface area contributed by atoms with Gasteiger partial charge in [-0.15, -0.1) is 11.3 Å². The second-order valence-corrected chi connectivity index (χ2v) is 9.75. The van der Waals surface area contributed by atoms with Crippen LogP contribution in [0.3, 0.4) is 0 Å². The van der Waals surface area contributed by atoms with E-state index in [4.69, 9.17) is 23.2 Å². The molecule has 1 aliphatic heterocycles. The molecule has 4 rings (SSSR count). The molecular formula is C16H13Cl2N3O3S2. The molecule has 3 aromatic rings. The van der Waals surface area contributed by atoms with Crippen molar-refractivity contribution in [3.63, 3.8) is 0 Å². The van der Waals surface area contributed by atoms with Gasteiger partial charge in [0.25, 0.3) is 10.0 Å². The molecular weight excluding hydrogens is 417 g/mol. The maximum atomic E-state index is 13.2. The fourth-order valence-electron chi connectivity index (χ4n) is 3.04. The quantitative estimate of drug-likeness (QED) is 0.693. The van der Waals surface area contributed by atoms with Crippen LogP contribution in [0, 0.1) is 0 Å². The van der Waals surface area contributed by atoms with Crippen LogP contribution in [0.2, 0.25) is 8.67 Å². The summed E-state index contributed by atoms with van der Waals surface area (Å²) in [5.74, 6) is 0. The van der Waals surface area contributed by atoms with Gasteiger partial charge in [0, 0.05) is 25.2 Å². The van der Waals surface area contributed by atoms with Gasteiger partial charge >= 0.3 is 5.69 Å². The summed E-state index contributed by atoms with van der Waals surface area (Å²) in [4.78, 5) is 13.0. The third-order valence-electron chi connectivity index (χ3n) is 4.18. The van der Waals surface area contributed by atoms with Crippen molar-refractivity contribution in [2.24, 2.45) is 0 Å². The summed E-state index contributed by atoms with van der Waals surface area (Å²) in [7, 11) is -4.19. The second kappa shape index (κ2) is 6.54. The highest BCUT2D eigenvalue weighted by atomic mass is 35.5. The molecule has 10 heteroatoms. The minimum atomic E-state index is -4.19. The summed E-state index contributed by atoms with van der Waals surface area (Å²) in [5, 5.41) is 3.18. The predicted molar refractivity (Wildman–Crippen MR) is 105 cm³/mol. The molecule has 1 aliphatic rings. The number of rotatable bonds is 3. The first kappa shape index (κ1) is 17.8. The maximum absolute atomic E-state index is 13.2. The van der Waals surface area contributed by atoms with E-state index in [2.05, 4.69) is 5.32 Å². The number of imidazole rings is 1. The average molecular weight is 430 g/mol. The van der Waals surface area contributed by atoms with Crippen molar-refractivity contribution in [1.29, 1.82) is 0 Å². The van der Waals surface area contributed by atoms with Gasteiger partial charge in [-0.25, -0.2) is 13.2 Å². The fourth-order valence-corrected chi connectivity index (χ4v) is 6.55. The minimum Gasteiger partial charge on any atom is -0.313 e. The van der Waals surface area contributed by atoms with Crippen molar-refractivity contribution in [3.8, 4) is 0 Å². The molecule has 1 N–H and O–H groups in total. The van der Waals surface area contributed by atoms with Crippen molar-refractivity contribution in [3.05, 3.63) is 55.6 Å². The summed E-state index contributed by atoms with van der Waals surface area (Å²) in [5.41, 5.74) is 0.966. The summed E-state index contributed by atoms with van der Waals surface area (Å²) < 4.78 is 28.9. The lowest BCUT2D eigenvalue weighted by atomic mass is 10.2. The Hall–Kier alpha value is -1.58. The molecule has 0 spiro atoms. The van der Waals surface area contributed by atoms with Gasteiger partial charge in [-0.1, -0.05) is 41.4 Å². The lowest BCUT2D eigenvalue weighted by Gasteiger charge is -2.14. The molecule has 136 valence electrons. The minimum absolute atomic E-state index is 0.0276. The molecule has 1 aromatic carbocycles. The van der Waals surface area contributed by atoms with Crippen LogP contribution in [-0.2, 0) is 10.0 Å². The van der Waals surface area contributed by atoms with Crippen LogP contribution in [-0.4, -0.2) is 30.0 Å². The van der Waals surface area contributed by atoms with Gasteiger partial charge in [-0.3, -0.25) is 4.57 Å². The van der Waals surface area contributed by atoms with Crippen molar-refractivity contribution < 1.29 is 8.42 Å². The lowest BCUT2D eigenvalue weighted by Crippen LogP contribution is -2.31. The number of nitrogens with zero attached hydrogens (tertiary/aromatic N) is 2. The molecule has 0 atom stereocenters. The molecule has 0 amide bonds. The van der Waals surface area contributed by atoms with Crippen LogP contribution in [0.15, 0.2) is 46.1 Å². The van der Waals surface area contributed by atoms with Gasteiger partial charge in [0.15, 0.2) is 0 Å². The van der Waals surface area contributed by atoms with Gasteiger partial charge in [-0.05, 0) is 18.2 Å². The summed E-state index contributed by atoms with van der Waals surface area (Å²) in [6, 6.07) is 8.07. The zero-order valence-electron chi connectivity index (χ0n) is 13.3. The highest BCUT2D eigenvalue weighted by Gasteiger charge is 2.29. The molecule has 6 nitrogen and oxygen atoms in total. The monoisotopic (exact) mass is 429 g/mol. The number of para-hydroxylation sites is 2. The number of nitrogens with one attached hydrogen (secondary N) is 1. The van der Waals surface area contributed by atoms with E-state index in [1.807, 2.05) is 6.08 Å². The van der Waals surface area contributed by atoms with E-state index in [0.717, 1.165) is 27.6 Å². The third kappa shape index (κ3) is 2.73. The molecule has 2 aromatic heterocycles. The van der Waals surface area contributed by atoms with Crippen molar-refractivity contribution >= 4 is 61.3 Å². The normalized spacial score (nSPS) is 15.4. The molecule has 0 unspecified atom stereocenters. The summed E-state index contributed by atoms with van der Waals surface area (Å²) in [6.45, 7) is 1.34. The van der Waals surface area contributed by atoms with E-state index in [9.17, 15) is 13.2 Å². The first-order chi connectivity index (χ1) is 12.4. The van der Waals surface area contributed by atoms with Crippen LogP contribution < -0.4 is 11.0 Å². The number of thiophene rings is 1. The van der Waals surface area contributed by atoms with Crippen LogP contribution in [0.25, 0.3) is 16.7 Å². The van der Waals surface area contributed by atoms with Gasteiger partial charge in [-0.2, -0.15) is 3.97 Å². The first-order valence-corrected chi connectivity index (χ1v) is 10.8. The Balaban J connectivity index is 2.06. The Morgan fingerprint density at radius 3 is 2.50 bits per heavy atom. The van der Waals surface area contributed by atoms with Crippen molar-refractivity contribution in [2.45, 2.75) is 11.3 Å². The number of hydrogen-bond donors (Lipinski definition) is 1. The van der Waals surface area contributed by atoms with E-state index in [-0.39, 0.29) is 13.6 Å². The van der Waals surface area contributed by atoms with Crippen molar-refractivity contribution in [1.82, 2.24) is 13.9 Å². The number of benzene rings is 1. The van der Waals surface area contributed by atoms with Gasteiger partial charge in [0.1, 0.15) is 9.23 Å². The standard InChI is InChI=1S/C16H13Cl2N3O3S2/c17-14-9-13(15(18)25-14)26(23,24)21-12-4-2-1-3-11(12)20(16(21)22)10-5-7-19-8-6-10/h1-5,9,19H,6-8H2. The van der Waals surface area contributed by atoms with Gasteiger partial charge in [0.2, 0.25) is 0 Å². The molecule has 0 fully saturated rings. The number of halogens is 2. The highest BCUT2D eigenvalue weighted by molar-refractivity contribution is 7.90. The SMILES string of the molecule is O=c1n(C2=CCNCC2)c2ccccc2n1S(=O)(=O)c1cc(Cl)sc1Cl. The Morgan fingerprint density at radius 2 is 1.88 bits per heavy atom. The maximum Gasteiger partial charge on any atom is 0.347 e. The second-order valence-electron chi connectivity index (χ2n) is 5.71. The number of fused-ring (bicyclic) bond motifs is 1. The van der Waals surface area contributed by atoms with Crippen LogP contribution in [0.5, 0.6) is 0 Å². The van der Waals surface area contributed by atoms with E-state index in [1.54, 1.807) is 24.3 Å². The Bertz CT molecular complexity index is 1210. The topological polar surface area (TPSA) is 73.1 Å². The Kier molecular flexibility index (Phi) is 4.48. The fraction of sp³-hybridized carbons (Fsp3) is 0.188. The average Bonchev–Trinajstić information content (AvgIpc) is 3.11.